The molecule has 6 aliphatic heterocycles. The highest BCUT2D eigenvalue weighted by Gasteiger charge is 2.59. The summed E-state index contributed by atoms with van der Waals surface area (Å²) in [6, 6.07) is 19.5. The standard InChI is InChI=1S/C58H90O25/c1-31-39(62-5)45(63-6)43(37(74-31)29-72-25-32-21-17-15-18-22-32)83-57-52(70-13)47(65-8)41(35(77-57)27-60-3)81-55-50(68-11)46(64-7)40(34(75-55)26-59-2)80-56-51(69-12)48(66-9)42(36(76-56)28-61-4)82-58-53(71-14)49(67-10)44-38(78-58)30-73-54(79-44)33-23-19-16-20-24-33/h15-24,31,34-58H,25-30H2,1-14H3/t31-,34-,35-,36?,37?,38?,39?,40+,41+,42+,43+,44+,45+,46?,47?,48-,49-,50?,51?,52?,53?,54?,55+,56-,57-,58+/m0/s1. The lowest BCUT2D eigenvalue weighted by molar-refractivity contribution is -0.403. The van der Waals surface area contributed by atoms with Crippen LogP contribution in [0.3, 0.4) is 0 Å². The molecule has 0 spiro atoms. The molecule has 6 heterocycles. The van der Waals surface area contributed by atoms with E-state index in [1.807, 2.05) is 67.6 Å². The Bertz CT molecular complexity index is 2120. The van der Waals surface area contributed by atoms with E-state index in [1.54, 1.807) is 64.0 Å². The highest BCUT2D eigenvalue weighted by atomic mass is 16.8. The predicted molar refractivity (Wildman–Crippen MR) is 288 cm³/mol. The van der Waals surface area contributed by atoms with Crippen molar-refractivity contribution in [3.63, 3.8) is 0 Å². The molecule has 0 aliphatic carbocycles. The molecule has 6 fully saturated rings. The number of rotatable bonds is 29. The third kappa shape index (κ3) is 15.1. The van der Waals surface area contributed by atoms with Gasteiger partial charge in [-0.3, -0.25) is 0 Å². The van der Waals surface area contributed by atoms with Crippen LogP contribution in [0, 0.1) is 0 Å². The van der Waals surface area contributed by atoms with E-state index in [0.29, 0.717) is 6.61 Å². The van der Waals surface area contributed by atoms with Gasteiger partial charge in [-0.05, 0) is 12.5 Å². The van der Waals surface area contributed by atoms with Gasteiger partial charge >= 0.3 is 0 Å². The Labute approximate surface area is 487 Å². The Kier molecular flexibility index (Phi) is 26.1. The van der Waals surface area contributed by atoms with Crippen LogP contribution in [-0.4, -0.2) is 279 Å². The molecule has 2 aromatic carbocycles. The average Bonchev–Trinajstić information content (AvgIpc) is 3.57. The molecular weight excluding hydrogens is 1100 g/mol. The van der Waals surface area contributed by atoms with Gasteiger partial charge in [-0.1, -0.05) is 60.7 Å². The molecule has 6 aliphatic rings. The quantitative estimate of drug-likeness (QED) is 0.114. The zero-order valence-electron chi connectivity index (χ0n) is 50.2. The normalized spacial score (nSPS) is 41.4. The van der Waals surface area contributed by atoms with E-state index in [0.717, 1.165) is 11.1 Å². The molecule has 25 nitrogen and oxygen atoms in total. The molecule has 0 saturated carbocycles. The Hall–Kier alpha value is -2.56. The first kappa shape index (κ1) is 66.4. The maximum absolute atomic E-state index is 6.98. The second kappa shape index (κ2) is 32.6. The third-order valence-corrected chi connectivity index (χ3v) is 16.3. The van der Waals surface area contributed by atoms with Gasteiger partial charge in [0.15, 0.2) is 31.5 Å². The molecule has 0 N–H and O–H groups in total. The lowest BCUT2D eigenvalue weighted by Crippen LogP contribution is -2.69. The summed E-state index contributed by atoms with van der Waals surface area (Å²) >= 11 is 0. The molecule has 2 aromatic rings. The summed E-state index contributed by atoms with van der Waals surface area (Å²) in [5.74, 6) is 0. The zero-order valence-corrected chi connectivity index (χ0v) is 50.2. The van der Waals surface area contributed by atoms with Crippen molar-refractivity contribution in [2.45, 2.75) is 173 Å². The molecule has 8 rings (SSSR count). The summed E-state index contributed by atoms with van der Waals surface area (Å²) in [6.07, 6.45) is -20.9. The highest BCUT2D eigenvalue weighted by Crippen LogP contribution is 2.41. The minimum atomic E-state index is -1.15. The minimum Gasteiger partial charge on any atom is -0.382 e. The zero-order chi connectivity index (χ0) is 59.2. The second-order valence-electron chi connectivity index (χ2n) is 21.0. The molecular formula is C58H90O25. The van der Waals surface area contributed by atoms with Crippen molar-refractivity contribution >= 4 is 0 Å². The fraction of sp³-hybridized carbons (Fsp3) is 0.793. The van der Waals surface area contributed by atoms with E-state index in [4.69, 9.17) is 118 Å². The predicted octanol–water partition coefficient (Wildman–Crippen LogP) is 2.63. The van der Waals surface area contributed by atoms with Gasteiger partial charge in [0.25, 0.3) is 0 Å². The summed E-state index contributed by atoms with van der Waals surface area (Å²) < 4.78 is 159. The topological polar surface area (TPSA) is 231 Å². The molecule has 0 bridgehead atoms. The van der Waals surface area contributed by atoms with Crippen molar-refractivity contribution in [2.75, 3.05) is 125 Å². The van der Waals surface area contributed by atoms with E-state index in [-0.39, 0.29) is 39.1 Å². The average molecular weight is 1190 g/mol. The van der Waals surface area contributed by atoms with Gasteiger partial charge in [-0.2, -0.15) is 0 Å². The number of hydrogen-bond donors (Lipinski definition) is 0. The Morgan fingerprint density at radius 2 is 0.723 bits per heavy atom. The largest absolute Gasteiger partial charge is 0.382 e. The van der Waals surface area contributed by atoms with Gasteiger partial charge in [-0.15, -0.1) is 0 Å². The lowest BCUT2D eigenvalue weighted by Gasteiger charge is -2.52. The van der Waals surface area contributed by atoms with Crippen molar-refractivity contribution in [1.82, 2.24) is 0 Å². The summed E-state index contributed by atoms with van der Waals surface area (Å²) in [4.78, 5) is 0. The van der Waals surface area contributed by atoms with E-state index in [9.17, 15) is 0 Å². The first-order chi connectivity index (χ1) is 40.5. The molecule has 25 heteroatoms. The Morgan fingerprint density at radius 3 is 1.12 bits per heavy atom. The minimum absolute atomic E-state index is 0.0142. The van der Waals surface area contributed by atoms with Crippen LogP contribution in [0.5, 0.6) is 0 Å². The highest BCUT2D eigenvalue weighted by molar-refractivity contribution is 5.17. The Morgan fingerprint density at radius 1 is 0.361 bits per heavy atom. The van der Waals surface area contributed by atoms with Crippen LogP contribution in [0.25, 0.3) is 0 Å². The molecule has 26 atom stereocenters. The summed E-state index contributed by atoms with van der Waals surface area (Å²) in [5.41, 5.74) is 1.87. The van der Waals surface area contributed by atoms with Gasteiger partial charge in [0.2, 0.25) is 0 Å². The van der Waals surface area contributed by atoms with E-state index >= 15 is 0 Å². The molecule has 11 unspecified atom stereocenters. The molecule has 472 valence electrons. The van der Waals surface area contributed by atoms with Gasteiger partial charge in [0.05, 0.1) is 45.7 Å². The van der Waals surface area contributed by atoms with Crippen LogP contribution < -0.4 is 0 Å². The number of methoxy groups -OCH3 is 13. The number of ether oxygens (including phenoxy) is 25. The molecule has 83 heavy (non-hydrogen) atoms. The number of hydrogen-bond acceptors (Lipinski definition) is 25. The number of benzene rings is 2. The van der Waals surface area contributed by atoms with Crippen LogP contribution >= 0.6 is 0 Å². The van der Waals surface area contributed by atoms with Gasteiger partial charge in [0.1, 0.15) is 122 Å². The van der Waals surface area contributed by atoms with E-state index < -0.39 is 154 Å². The van der Waals surface area contributed by atoms with Crippen LogP contribution in [0.4, 0.5) is 0 Å². The smallest absolute Gasteiger partial charge is 0.187 e. The maximum Gasteiger partial charge on any atom is 0.187 e. The van der Waals surface area contributed by atoms with Crippen LogP contribution in [0.15, 0.2) is 60.7 Å². The van der Waals surface area contributed by atoms with Crippen molar-refractivity contribution in [3.8, 4) is 0 Å². The van der Waals surface area contributed by atoms with Gasteiger partial charge in [0, 0.05) is 98.0 Å². The fourth-order valence-corrected chi connectivity index (χ4v) is 12.3. The van der Waals surface area contributed by atoms with Gasteiger partial charge < -0.3 is 118 Å². The van der Waals surface area contributed by atoms with Crippen molar-refractivity contribution in [2.24, 2.45) is 0 Å². The summed E-state index contributed by atoms with van der Waals surface area (Å²) in [7, 11) is 20.2. The second-order valence-corrected chi connectivity index (χ2v) is 21.0. The summed E-state index contributed by atoms with van der Waals surface area (Å²) in [6.45, 7) is 2.76. The SMILES string of the molecule is COCC1O[C@@H](O[C@H]2C(OC)C(OC)[C@@H](O[C@H]3C(OC)C(OC)[C@H](O[C@@H]4C(COCc5ccccc5)O[C@@H](C)C(OC)[C@H]4OC)O[C@H]3COC)O[C@H]2COC)C(OC)[C@@H](OC)[C@@H]1O[C@H]1OC2COC(c3ccccc3)O[C@H]2[C@H](OC)C1OC. The van der Waals surface area contributed by atoms with E-state index in [1.165, 1.54) is 28.4 Å². The first-order valence-corrected chi connectivity index (χ1v) is 28.1. The van der Waals surface area contributed by atoms with Crippen molar-refractivity contribution < 1.29 is 118 Å². The van der Waals surface area contributed by atoms with Gasteiger partial charge in [-0.25, -0.2) is 0 Å². The monoisotopic (exact) mass is 1190 g/mol. The maximum atomic E-state index is 6.98. The molecule has 0 amide bonds. The molecule has 0 radical (unpaired) electrons. The Balaban J connectivity index is 0.990. The van der Waals surface area contributed by atoms with Crippen molar-refractivity contribution in [3.05, 3.63) is 71.8 Å². The first-order valence-electron chi connectivity index (χ1n) is 28.1. The molecule has 0 aromatic heterocycles. The van der Waals surface area contributed by atoms with Crippen LogP contribution in [0.2, 0.25) is 0 Å². The third-order valence-electron chi connectivity index (χ3n) is 16.3. The fourth-order valence-electron chi connectivity index (χ4n) is 12.3. The summed E-state index contributed by atoms with van der Waals surface area (Å²) in [5, 5.41) is 0. The van der Waals surface area contributed by atoms with Crippen molar-refractivity contribution in [1.29, 1.82) is 0 Å². The van der Waals surface area contributed by atoms with E-state index in [2.05, 4.69) is 0 Å². The lowest BCUT2D eigenvalue weighted by atomic mass is 9.94. The van der Waals surface area contributed by atoms with Crippen LogP contribution in [-0.2, 0) is 125 Å². The number of fused-ring (bicyclic) bond motifs is 1. The van der Waals surface area contributed by atoms with Crippen LogP contribution in [0.1, 0.15) is 24.3 Å². The molecule has 6 saturated heterocycles.